The summed E-state index contributed by atoms with van der Waals surface area (Å²) in [5.74, 6) is 5.44. The van der Waals surface area contributed by atoms with Gasteiger partial charge in [-0.25, -0.2) is 5.84 Å². The summed E-state index contributed by atoms with van der Waals surface area (Å²) in [6, 6.07) is 14.7. The van der Waals surface area contributed by atoms with Gasteiger partial charge in [0.2, 0.25) is 0 Å². The highest BCUT2D eigenvalue weighted by Crippen LogP contribution is 2.39. The molecule has 0 amide bonds. The highest BCUT2D eigenvalue weighted by Gasteiger charge is 2.12. The number of para-hydroxylation sites is 2. The van der Waals surface area contributed by atoms with Crippen LogP contribution in [0.1, 0.15) is 0 Å². The molecule has 0 bridgehead atoms. The Hall–Kier alpha value is -1.56. The van der Waals surface area contributed by atoms with Gasteiger partial charge in [-0.05, 0) is 18.4 Å². The first-order valence-corrected chi connectivity index (χ1v) is 8.16. The Labute approximate surface area is 119 Å². The average Bonchev–Trinajstić information content (AvgIpc) is 2.84. The molecule has 1 unspecified atom stereocenters. The normalized spacial score (nSPS) is 13.7. The minimum Gasteiger partial charge on any atom is -0.354 e. The second-order valence-corrected chi connectivity index (χ2v) is 7.14. The molecule has 0 aliphatic rings. The monoisotopic (exact) mass is 289 g/mol. The average molecular weight is 289 g/mol. The van der Waals surface area contributed by atoms with Gasteiger partial charge >= 0.3 is 0 Å². The van der Waals surface area contributed by atoms with Crippen molar-refractivity contribution in [3.63, 3.8) is 0 Å². The Morgan fingerprint density at radius 2 is 1.89 bits per heavy atom. The van der Waals surface area contributed by atoms with Crippen molar-refractivity contribution in [2.45, 2.75) is 4.90 Å². The van der Waals surface area contributed by atoms with E-state index in [4.69, 9.17) is 18.1 Å². The highest BCUT2D eigenvalue weighted by atomic mass is 32.2. The van der Waals surface area contributed by atoms with E-state index < -0.39 is 10.9 Å². The van der Waals surface area contributed by atoms with E-state index in [1.54, 1.807) is 0 Å². The van der Waals surface area contributed by atoms with Crippen LogP contribution in [0, 0.1) is 0 Å². The maximum Gasteiger partial charge on any atom is 0.131 e. The zero-order valence-electron chi connectivity index (χ0n) is 10.5. The number of nitrogens with one attached hydrogen (secondary N) is 2. The molecule has 0 aliphatic carbocycles. The van der Waals surface area contributed by atoms with Gasteiger partial charge in [-0.15, -0.1) is 0 Å². The fourth-order valence-corrected chi connectivity index (χ4v) is 3.87. The third kappa shape index (κ3) is 2.00. The number of thiol groups is 1. The van der Waals surface area contributed by atoms with Crippen molar-refractivity contribution < 1.29 is 0 Å². The summed E-state index contributed by atoms with van der Waals surface area (Å²) >= 11 is 5.28. The lowest BCUT2D eigenvalue weighted by Crippen LogP contribution is -2.28. The fraction of sp³-hybridized carbons (Fsp3) is 0.0714. The molecule has 1 atom stereocenters. The molecule has 5 heteroatoms. The Morgan fingerprint density at radius 1 is 1.16 bits per heavy atom. The van der Waals surface area contributed by atoms with Gasteiger partial charge in [0.15, 0.2) is 0 Å². The number of hydrogen-bond acceptors (Lipinski definition) is 2. The van der Waals surface area contributed by atoms with E-state index in [2.05, 4.69) is 53.1 Å². The lowest BCUT2D eigenvalue weighted by Gasteiger charge is -2.17. The summed E-state index contributed by atoms with van der Waals surface area (Å²) < 4.78 is 0.709. The fourth-order valence-electron chi connectivity index (χ4n) is 2.34. The topological polar surface area (TPSA) is 53.8 Å². The van der Waals surface area contributed by atoms with Crippen LogP contribution < -0.4 is 11.3 Å². The molecule has 3 aromatic rings. The van der Waals surface area contributed by atoms with E-state index in [0.717, 1.165) is 11.0 Å². The van der Waals surface area contributed by atoms with Gasteiger partial charge in [0.1, 0.15) is 4.32 Å². The zero-order chi connectivity index (χ0) is 13.4. The Bertz CT molecular complexity index is 764. The minimum absolute atomic E-state index is 0.610. The zero-order valence-corrected chi connectivity index (χ0v) is 12.2. The molecular weight excluding hydrogens is 274 g/mol. The van der Waals surface area contributed by atoms with Gasteiger partial charge in [0.25, 0.3) is 0 Å². The summed E-state index contributed by atoms with van der Waals surface area (Å²) in [7, 11) is -0.610. The van der Waals surface area contributed by atoms with E-state index in [1.807, 2.05) is 6.07 Å². The number of rotatable bonds is 1. The number of hydrazine groups is 1. The summed E-state index contributed by atoms with van der Waals surface area (Å²) in [4.78, 5) is 4.72. The van der Waals surface area contributed by atoms with E-state index >= 15 is 0 Å². The molecule has 0 fully saturated rings. The van der Waals surface area contributed by atoms with Crippen molar-refractivity contribution in [2.24, 2.45) is 5.84 Å². The first-order chi connectivity index (χ1) is 9.22. The second kappa shape index (κ2) is 4.85. The van der Waals surface area contributed by atoms with Crippen LogP contribution in [0.4, 0.5) is 0 Å². The predicted octanol–water partition coefficient (Wildman–Crippen LogP) is 3.06. The van der Waals surface area contributed by atoms with Gasteiger partial charge in [0, 0.05) is 21.2 Å². The van der Waals surface area contributed by atoms with E-state index in [-0.39, 0.29) is 0 Å². The van der Waals surface area contributed by atoms with Crippen molar-refractivity contribution in [1.29, 1.82) is 0 Å². The molecule has 0 aliphatic heterocycles. The third-order valence-corrected chi connectivity index (χ3v) is 6.08. The maximum absolute atomic E-state index is 5.44. The highest BCUT2D eigenvalue weighted by molar-refractivity contribution is 8.35. The molecule has 98 valence electrons. The van der Waals surface area contributed by atoms with Gasteiger partial charge in [0.05, 0.1) is 5.52 Å². The number of thiocarbonyl (C=S) groups is 1. The number of nitrogens with two attached hydrogens (primary N) is 1. The van der Waals surface area contributed by atoms with Crippen molar-refractivity contribution >= 4 is 49.2 Å². The third-order valence-electron chi connectivity index (χ3n) is 3.31. The molecule has 1 heterocycles. The van der Waals surface area contributed by atoms with E-state index in [9.17, 15) is 0 Å². The van der Waals surface area contributed by atoms with Crippen LogP contribution in [0.5, 0.6) is 0 Å². The number of fused-ring (bicyclic) bond motifs is 3. The van der Waals surface area contributed by atoms with Crippen LogP contribution in [0.2, 0.25) is 0 Å². The van der Waals surface area contributed by atoms with Crippen LogP contribution in [0.15, 0.2) is 47.4 Å². The molecule has 0 radical (unpaired) electrons. The number of hydrogen-bond donors (Lipinski definition) is 4. The Kier molecular flexibility index (Phi) is 3.18. The standard InChI is InChI=1S/C14H15N3S2/c1-19(14(18)17-15)12-8-4-6-10-9-5-2-3-7-11(9)16-13(10)12/h2-8,16,19H,15H2,1H3,(H,17,18). The molecule has 2 aromatic carbocycles. The molecule has 4 N–H and O–H groups in total. The smallest absolute Gasteiger partial charge is 0.131 e. The number of aromatic nitrogens is 1. The molecule has 19 heavy (non-hydrogen) atoms. The van der Waals surface area contributed by atoms with Crippen LogP contribution in [0.3, 0.4) is 0 Å². The molecule has 0 saturated heterocycles. The van der Waals surface area contributed by atoms with Crippen molar-refractivity contribution in [3.05, 3.63) is 42.5 Å². The lowest BCUT2D eigenvalue weighted by atomic mass is 10.1. The van der Waals surface area contributed by atoms with Crippen LogP contribution in [-0.2, 0) is 0 Å². The number of H-pyrrole nitrogens is 1. The summed E-state index contributed by atoms with van der Waals surface area (Å²) in [6.07, 6.45) is 2.12. The maximum atomic E-state index is 5.44. The number of benzene rings is 2. The molecule has 0 saturated carbocycles. The second-order valence-electron chi connectivity index (χ2n) is 4.38. The van der Waals surface area contributed by atoms with E-state index in [0.29, 0.717) is 4.32 Å². The van der Waals surface area contributed by atoms with Crippen LogP contribution in [-0.4, -0.2) is 15.6 Å². The first-order valence-electron chi connectivity index (χ1n) is 5.96. The van der Waals surface area contributed by atoms with Crippen molar-refractivity contribution in [1.82, 2.24) is 10.4 Å². The van der Waals surface area contributed by atoms with Gasteiger partial charge < -0.3 is 10.4 Å². The molecule has 1 aromatic heterocycles. The lowest BCUT2D eigenvalue weighted by molar-refractivity contribution is 1.06. The summed E-state index contributed by atoms with van der Waals surface area (Å²) in [5, 5.41) is 2.48. The summed E-state index contributed by atoms with van der Waals surface area (Å²) in [6.45, 7) is 0. The first kappa shape index (κ1) is 12.5. The van der Waals surface area contributed by atoms with Crippen molar-refractivity contribution in [2.75, 3.05) is 6.26 Å². The van der Waals surface area contributed by atoms with Crippen molar-refractivity contribution in [3.8, 4) is 0 Å². The Balaban J connectivity index is 2.29. The van der Waals surface area contributed by atoms with Gasteiger partial charge in [-0.3, -0.25) is 0 Å². The van der Waals surface area contributed by atoms with Crippen LogP contribution in [0.25, 0.3) is 21.8 Å². The Morgan fingerprint density at radius 3 is 2.68 bits per heavy atom. The quantitative estimate of drug-likeness (QED) is 0.241. The molecule has 3 nitrogen and oxygen atoms in total. The van der Waals surface area contributed by atoms with E-state index in [1.165, 1.54) is 15.7 Å². The van der Waals surface area contributed by atoms with Crippen LogP contribution >= 0.6 is 23.1 Å². The molecule has 0 spiro atoms. The predicted molar refractivity (Wildman–Crippen MR) is 88.9 cm³/mol. The molecular formula is C14H15N3S2. The number of aromatic amines is 1. The van der Waals surface area contributed by atoms with Gasteiger partial charge in [-0.1, -0.05) is 42.5 Å². The summed E-state index contributed by atoms with van der Waals surface area (Å²) in [5.41, 5.74) is 4.92. The minimum atomic E-state index is -0.610. The SMILES string of the molecule is C[SH](C(=S)NN)c1cccc2c1[nH]c1ccccc12. The molecule has 3 rings (SSSR count). The van der Waals surface area contributed by atoms with Gasteiger partial charge in [-0.2, -0.15) is 10.9 Å². The largest absolute Gasteiger partial charge is 0.354 e.